The minimum absolute atomic E-state index is 0.173. The first kappa shape index (κ1) is 33.1. The van der Waals surface area contributed by atoms with E-state index < -0.39 is 29.9 Å². The standard InChI is InChI=1S/C25H27F3N2O3S.C2H6.CH4O/c1-4-24(2,3)33-23(31)16-32-21-9-8-19(25(26,27)28)13-20(21)18-7-5-6-17(12-18)14-29-15-22-30-10-11-34-22;2*1-2/h5-13,29H,4,14-16H2,1-3H3;1-2H3;2H,1H3. The molecule has 0 unspecified atom stereocenters. The van der Waals surface area contributed by atoms with Crippen molar-refractivity contribution in [1.82, 2.24) is 10.3 Å². The fourth-order valence-corrected chi connectivity index (χ4v) is 3.69. The average Bonchev–Trinajstić information content (AvgIpc) is 3.43. The number of aliphatic hydroxyl groups excluding tert-OH is 1. The Morgan fingerprint density at radius 3 is 2.39 bits per heavy atom. The molecule has 0 aliphatic heterocycles. The molecule has 0 aliphatic carbocycles. The summed E-state index contributed by atoms with van der Waals surface area (Å²) in [5.41, 5.74) is 0.248. The van der Waals surface area contributed by atoms with Crippen LogP contribution in [0, 0.1) is 0 Å². The van der Waals surface area contributed by atoms with Crippen LogP contribution in [-0.4, -0.2) is 35.4 Å². The molecule has 3 rings (SSSR count). The molecule has 2 N–H and O–H groups in total. The zero-order valence-electron chi connectivity index (χ0n) is 22.7. The van der Waals surface area contributed by atoms with Crippen LogP contribution in [0.25, 0.3) is 11.1 Å². The Morgan fingerprint density at radius 2 is 1.79 bits per heavy atom. The zero-order valence-corrected chi connectivity index (χ0v) is 23.5. The molecule has 10 heteroatoms. The fraction of sp³-hybridized carbons (Fsp3) is 0.429. The van der Waals surface area contributed by atoms with Crippen LogP contribution in [0.1, 0.15) is 57.2 Å². The second-order valence-corrected chi connectivity index (χ2v) is 9.29. The maximum atomic E-state index is 13.4. The molecule has 0 spiro atoms. The van der Waals surface area contributed by atoms with E-state index >= 15 is 0 Å². The van der Waals surface area contributed by atoms with Gasteiger partial charge in [0.25, 0.3) is 0 Å². The number of carbonyl (C=O) groups excluding carboxylic acids is 1. The number of hydrogen-bond donors (Lipinski definition) is 2. The highest BCUT2D eigenvalue weighted by molar-refractivity contribution is 7.09. The molecule has 0 aliphatic rings. The van der Waals surface area contributed by atoms with Gasteiger partial charge < -0.3 is 19.9 Å². The van der Waals surface area contributed by atoms with Crippen molar-refractivity contribution in [3.63, 3.8) is 0 Å². The molecule has 0 fully saturated rings. The van der Waals surface area contributed by atoms with E-state index in [-0.39, 0.29) is 11.3 Å². The molecule has 0 saturated heterocycles. The third kappa shape index (κ3) is 10.8. The first-order valence-electron chi connectivity index (χ1n) is 12.3. The van der Waals surface area contributed by atoms with Crippen LogP contribution >= 0.6 is 11.3 Å². The van der Waals surface area contributed by atoms with E-state index in [4.69, 9.17) is 14.6 Å². The second-order valence-electron chi connectivity index (χ2n) is 8.31. The van der Waals surface area contributed by atoms with E-state index in [9.17, 15) is 18.0 Å². The van der Waals surface area contributed by atoms with E-state index in [2.05, 4.69) is 10.3 Å². The molecule has 0 atom stereocenters. The molecule has 38 heavy (non-hydrogen) atoms. The van der Waals surface area contributed by atoms with Gasteiger partial charge in [-0.25, -0.2) is 9.78 Å². The summed E-state index contributed by atoms with van der Waals surface area (Å²) in [7, 11) is 1.00. The van der Waals surface area contributed by atoms with Crippen molar-refractivity contribution >= 4 is 17.3 Å². The first-order chi connectivity index (χ1) is 18.1. The lowest BCUT2D eigenvalue weighted by Crippen LogP contribution is -2.29. The molecule has 2 aromatic carbocycles. The fourth-order valence-electron chi connectivity index (χ4n) is 3.11. The molecule has 0 radical (unpaired) electrons. The van der Waals surface area contributed by atoms with Gasteiger partial charge in [0.15, 0.2) is 6.61 Å². The first-order valence-corrected chi connectivity index (χ1v) is 13.1. The van der Waals surface area contributed by atoms with Gasteiger partial charge >= 0.3 is 12.1 Å². The Labute approximate surface area is 226 Å². The summed E-state index contributed by atoms with van der Waals surface area (Å²) in [6.07, 6.45) is -2.16. The maximum Gasteiger partial charge on any atom is 0.416 e. The summed E-state index contributed by atoms with van der Waals surface area (Å²) in [6.45, 7) is 10.2. The van der Waals surface area contributed by atoms with Gasteiger partial charge in [-0.15, -0.1) is 11.3 Å². The molecular formula is C28H37F3N2O4S. The van der Waals surface area contributed by atoms with Gasteiger partial charge in [-0.3, -0.25) is 0 Å². The van der Waals surface area contributed by atoms with Crippen molar-refractivity contribution in [3.8, 4) is 16.9 Å². The summed E-state index contributed by atoms with van der Waals surface area (Å²) in [4.78, 5) is 16.4. The third-order valence-electron chi connectivity index (χ3n) is 5.22. The number of nitrogens with one attached hydrogen (secondary N) is 1. The molecule has 210 valence electrons. The van der Waals surface area contributed by atoms with Gasteiger partial charge in [0.1, 0.15) is 16.4 Å². The van der Waals surface area contributed by atoms with E-state index in [1.165, 1.54) is 6.07 Å². The van der Waals surface area contributed by atoms with Crippen molar-refractivity contribution in [2.75, 3.05) is 13.7 Å². The van der Waals surface area contributed by atoms with Crippen LogP contribution in [0.15, 0.2) is 54.0 Å². The summed E-state index contributed by atoms with van der Waals surface area (Å²) in [5.74, 6) is -0.412. The van der Waals surface area contributed by atoms with Crippen molar-refractivity contribution in [3.05, 3.63) is 70.2 Å². The second kappa shape index (κ2) is 16.1. The number of nitrogens with zero attached hydrogens (tertiary/aromatic N) is 1. The lowest BCUT2D eigenvalue weighted by atomic mass is 9.99. The topological polar surface area (TPSA) is 80.7 Å². The van der Waals surface area contributed by atoms with Gasteiger partial charge in [-0.1, -0.05) is 39.0 Å². The monoisotopic (exact) mass is 554 g/mol. The number of ether oxygens (including phenoxy) is 2. The SMILES string of the molecule is CC.CCC(C)(C)OC(=O)COc1ccc(C(F)(F)F)cc1-c1cccc(CNCc2nccs2)c1.CO. The predicted molar refractivity (Wildman–Crippen MR) is 145 cm³/mol. The van der Waals surface area contributed by atoms with Gasteiger partial charge in [0.2, 0.25) is 0 Å². The largest absolute Gasteiger partial charge is 0.481 e. The summed E-state index contributed by atoms with van der Waals surface area (Å²) >= 11 is 1.54. The van der Waals surface area contributed by atoms with Crippen molar-refractivity contribution in [1.29, 1.82) is 0 Å². The quantitative estimate of drug-likeness (QED) is 0.267. The van der Waals surface area contributed by atoms with Gasteiger partial charge in [0.05, 0.1) is 5.56 Å². The Morgan fingerprint density at radius 1 is 1.08 bits per heavy atom. The third-order valence-corrected chi connectivity index (χ3v) is 6.00. The number of aromatic nitrogens is 1. The van der Waals surface area contributed by atoms with Crippen LogP contribution in [-0.2, 0) is 28.8 Å². The zero-order chi connectivity index (χ0) is 28.8. The lowest BCUT2D eigenvalue weighted by molar-refractivity contribution is -0.159. The van der Waals surface area contributed by atoms with Crippen LogP contribution in [0.5, 0.6) is 5.75 Å². The van der Waals surface area contributed by atoms with E-state index in [1.807, 2.05) is 32.2 Å². The molecule has 3 aromatic rings. The number of aliphatic hydroxyl groups is 1. The molecule has 0 bridgehead atoms. The van der Waals surface area contributed by atoms with Crippen LogP contribution in [0.3, 0.4) is 0 Å². The minimum atomic E-state index is -4.51. The highest BCUT2D eigenvalue weighted by Gasteiger charge is 2.31. The average molecular weight is 555 g/mol. The minimum Gasteiger partial charge on any atom is -0.481 e. The predicted octanol–water partition coefficient (Wildman–Crippen LogP) is 6.86. The number of alkyl halides is 3. The molecule has 0 saturated carbocycles. The smallest absolute Gasteiger partial charge is 0.416 e. The number of halogens is 3. The van der Waals surface area contributed by atoms with Crippen molar-refractivity contribution in [2.45, 2.75) is 65.9 Å². The van der Waals surface area contributed by atoms with Crippen LogP contribution in [0.4, 0.5) is 13.2 Å². The number of esters is 1. The maximum absolute atomic E-state index is 13.4. The molecule has 1 aromatic heterocycles. The van der Waals surface area contributed by atoms with E-state index in [1.54, 1.807) is 49.6 Å². The highest BCUT2D eigenvalue weighted by atomic mass is 32.1. The lowest BCUT2D eigenvalue weighted by Gasteiger charge is -2.23. The van der Waals surface area contributed by atoms with Crippen molar-refractivity contribution < 1.29 is 32.5 Å². The number of thiazole rings is 1. The molecule has 6 nitrogen and oxygen atoms in total. The highest BCUT2D eigenvalue weighted by Crippen LogP contribution is 2.37. The van der Waals surface area contributed by atoms with Gasteiger partial charge in [0, 0.05) is 37.3 Å². The number of benzene rings is 2. The number of carbonyl (C=O) groups is 1. The number of hydrogen-bond acceptors (Lipinski definition) is 7. The van der Waals surface area contributed by atoms with Crippen molar-refractivity contribution in [2.24, 2.45) is 0 Å². The normalized spacial score (nSPS) is 11.0. The molecule has 1 heterocycles. The summed E-state index contributed by atoms with van der Waals surface area (Å²) in [6, 6.07) is 10.4. The number of rotatable bonds is 10. The van der Waals surface area contributed by atoms with E-state index in [0.29, 0.717) is 25.1 Å². The van der Waals surface area contributed by atoms with Crippen LogP contribution < -0.4 is 10.1 Å². The summed E-state index contributed by atoms with van der Waals surface area (Å²) in [5, 5.41) is 13.1. The Balaban J connectivity index is 0.00000172. The molecular weight excluding hydrogens is 517 g/mol. The Kier molecular flexibility index (Phi) is 14.0. The van der Waals surface area contributed by atoms with E-state index in [0.717, 1.165) is 29.8 Å². The van der Waals surface area contributed by atoms with Crippen LogP contribution in [0.2, 0.25) is 0 Å². The van der Waals surface area contributed by atoms with Gasteiger partial charge in [-0.05, 0) is 55.7 Å². The van der Waals surface area contributed by atoms with Gasteiger partial charge in [-0.2, -0.15) is 13.2 Å². The summed E-state index contributed by atoms with van der Waals surface area (Å²) < 4.78 is 51.2. The molecule has 0 amide bonds. The Hall–Kier alpha value is -2.95. The Bertz CT molecular complexity index is 1100.